The summed E-state index contributed by atoms with van der Waals surface area (Å²) in [5.41, 5.74) is 0. The second-order valence-electron chi connectivity index (χ2n) is 3.91. The van der Waals surface area contributed by atoms with Crippen molar-refractivity contribution in [2.75, 3.05) is 18.9 Å². The van der Waals surface area contributed by atoms with Gasteiger partial charge < -0.3 is 14.5 Å². The highest BCUT2D eigenvalue weighted by molar-refractivity contribution is 7.99. The number of hydrogen-bond donors (Lipinski definition) is 1. The molecule has 0 radical (unpaired) electrons. The van der Waals surface area contributed by atoms with Crippen molar-refractivity contribution < 1.29 is 13.9 Å². The summed E-state index contributed by atoms with van der Waals surface area (Å²) in [6.07, 6.45) is 2.65. The summed E-state index contributed by atoms with van der Waals surface area (Å²) in [5, 5.41) is 3.21. The molecule has 0 saturated carbocycles. The van der Waals surface area contributed by atoms with E-state index in [9.17, 15) is 4.79 Å². The lowest BCUT2D eigenvalue weighted by Crippen LogP contribution is -2.40. The van der Waals surface area contributed by atoms with Gasteiger partial charge in [0.15, 0.2) is 0 Å². The predicted molar refractivity (Wildman–Crippen MR) is 72.9 cm³/mol. The summed E-state index contributed by atoms with van der Waals surface area (Å²) in [6, 6.07) is 1.66. The van der Waals surface area contributed by atoms with E-state index in [1.807, 2.05) is 19.9 Å². The van der Waals surface area contributed by atoms with E-state index in [0.717, 1.165) is 23.6 Å². The first-order valence-electron chi connectivity index (χ1n) is 6.25. The zero-order valence-electron chi connectivity index (χ0n) is 11.2. The Hall–Kier alpha value is -0.940. The zero-order chi connectivity index (χ0) is 13.4. The Bertz CT molecular complexity index is 365. The van der Waals surface area contributed by atoms with E-state index < -0.39 is 0 Å². The molecule has 1 unspecified atom stereocenters. The maximum atomic E-state index is 11.8. The second-order valence-corrected chi connectivity index (χ2v) is 4.97. The van der Waals surface area contributed by atoms with Crippen LogP contribution in [0.5, 0.6) is 0 Å². The van der Waals surface area contributed by atoms with E-state index >= 15 is 0 Å². The monoisotopic (exact) mass is 271 g/mol. The lowest BCUT2D eigenvalue weighted by Gasteiger charge is -2.16. The van der Waals surface area contributed by atoms with Crippen LogP contribution in [0.15, 0.2) is 21.6 Å². The molecular weight excluding hydrogens is 250 g/mol. The van der Waals surface area contributed by atoms with Gasteiger partial charge >= 0.3 is 5.97 Å². The van der Waals surface area contributed by atoms with Crippen LogP contribution in [0.3, 0.4) is 0 Å². The van der Waals surface area contributed by atoms with Crippen molar-refractivity contribution in [3.63, 3.8) is 0 Å². The van der Waals surface area contributed by atoms with Crippen LogP contribution in [0.1, 0.15) is 26.0 Å². The van der Waals surface area contributed by atoms with Gasteiger partial charge in [-0.1, -0.05) is 6.92 Å². The fourth-order valence-corrected chi connectivity index (χ4v) is 2.47. The third-order valence-electron chi connectivity index (χ3n) is 2.43. The SMILES string of the molecule is CCCNC(CSc1ccoc1C)C(=O)OCC. The molecular formula is C13H21NO3S. The largest absolute Gasteiger partial charge is 0.468 e. The number of ether oxygens (including phenoxy) is 1. The first-order chi connectivity index (χ1) is 8.69. The summed E-state index contributed by atoms with van der Waals surface area (Å²) >= 11 is 1.61. The summed E-state index contributed by atoms with van der Waals surface area (Å²) < 4.78 is 10.3. The number of nitrogens with one attached hydrogen (secondary N) is 1. The number of furan rings is 1. The molecule has 0 bridgehead atoms. The third-order valence-corrected chi connectivity index (χ3v) is 3.66. The Labute approximate surface area is 112 Å². The van der Waals surface area contributed by atoms with Gasteiger partial charge in [-0.15, -0.1) is 11.8 Å². The maximum Gasteiger partial charge on any atom is 0.323 e. The van der Waals surface area contributed by atoms with Crippen molar-refractivity contribution in [1.82, 2.24) is 5.32 Å². The van der Waals surface area contributed by atoms with E-state index in [0.29, 0.717) is 12.4 Å². The molecule has 18 heavy (non-hydrogen) atoms. The summed E-state index contributed by atoms with van der Waals surface area (Å²) in [6.45, 7) is 7.04. The lowest BCUT2D eigenvalue weighted by atomic mass is 10.3. The Kier molecular flexibility index (Phi) is 6.90. The van der Waals surface area contributed by atoms with Crippen molar-refractivity contribution in [2.24, 2.45) is 0 Å². The summed E-state index contributed by atoms with van der Waals surface area (Å²) in [7, 11) is 0. The molecule has 1 heterocycles. The molecule has 102 valence electrons. The van der Waals surface area contributed by atoms with Crippen LogP contribution in [-0.4, -0.2) is 30.9 Å². The van der Waals surface area contributed by atoms with Crippen LogP contribution in [0.2, 0.25) is 0 Å². The van der Waals surface area contributed by atoms with E-state index in [4.69, 9.17) is 9.15 Å². The van der Waals surface area contributed by atoms with Gasteiger partial charge in [0.1, 0.15) is 11.8 Å². The molecule has 1 atom stereocenters. The molecule has 0 amide bonds. The fraction of sp³-hybridized carbons (Fsp3) is 0.615. The van der Waals surface area contributed by atoms with E-state index in [1.165, 1.54) is 0 Å². The number of hydrogen-bond acceptors (Lipinski definition) is 5. The molecule has 4 nitrogen and oxygen atoms in total. The molecule has 5 heteroatoms. The molecule has 0 saturated heterocycles. The molecule has 0 aliphatic heterocycles. The number of aryl methyl sites for hydroxylation is 1. The molecule has 0 aromatic carbocycles. The van der Waals surface area contributed by atoms with Crippen LogP contribution in [0, 0.1) is 6.92 Å². The van der Waals surface area contributed by atoms with Crippen LogP contribution < -0.4 is 5.32 Å². The van der Waals surface area contributed by atoms with Gasteiger partial charge in [-0.3, -0.25) is 4.79 Å². The van der Waals surface area contributed by atoms with Gasteiger partial charge in [-0.25, -0.2) is 0 Å². The Balaban J connectivity index is 2.50. The summed E-state index contributed by atoms with van der Waals surface area (Å²) in [5.74, 6) is 1.36. The number of rotatable bonds is 8. The van der Waals surface area contributed by atoms with Crippen molar-refractivity contribution in [3.8, 4) is 0 Å². The van der Waals surface area contributed by atoms with Gasteiger partial charge in [0, 0.05) is 10.6 Å². The number of thioether (sulfide) groups is 1. The predicted octanol–water partition coefficient (Wildman–Crippen LogP) is 2.61. The minimum atomic E-state index is -0.260. The molecule has 0 spiro atoms. The minimum absolute atomic E-state index is 0.181. The molecule has 0 aliphatic rings. The Morgan fingerprint density at radius 1 is 1.56 bits per heavy atom. The Morgan fingerprint density at radius 2 is 2.33 bits per heavy atom. The lowest BCUT2D eigenvalue weighted by molar-refractivity contribution is -0.144. The molecule has 0 aliphatic carbocycles. The molecule has 0 fully saturated rings. The number of carbonyl (C=O) groups excluding carboxylic acids is 1. The summed E-state index contributed by atoms with van der Waals surface area (Å²) in [4.78, 5) is 12.8. The highest BCUT2D eigenvalue weighted by Crippen LogP contribution is 2.23. The minimum Gasteiger partial charge on any atom is -0.468 e. The van der Waals surface area contributed by atoms with Crippen LogP contribution in [0.4, 0.5) is 0 Å². The van der Waals surface area contributed by atoms with Crippen LogP contribution >= 0.6 is 11.8 Å². The standard InChI is InChI=1S/C13H21NO3S/c1-4-7-14-11(13(15)16-5-2)9-18-12-6-8-17-10(12)3/h6,8,11,14H,4-5,7,9H2,1-3H3. The maximum absolute atomic E-state index is 11.8. The highest BCUT2D eigenvalue weighted by atomic mass is 32.2. The first-order valence-corrected chi connectivity index (χ1v) is 7.24. The smallest absolute Gasteiger partial charge is 0.323 e. The van der Waals surface area contributed by atoms with Crippen molar-refractivity contribution in [3.05, 3.63) is 18.1 Å². The number of carbonyl (C=O) groups is 1. The van der Waals surface area contributed by atoms with E-state index in [-0.39, 0.29) is 12.0 Å². The quantitative estimate of drug-likeness (QED) is 0.582. The van der Waals surface area contributed by atoms with Gasteiger partial charge in [-0.05, 0) is 32.9 Å². The van der Waals surface area contributed by atoms with E-state index in [1.54, 1.807) is 18.0 Å². The van der Waals surface area contributed by atoms with Crippen LogP contribution in [0.25, 0.3) is 0 Å². The highest BCUT2D eigenvalue weighted by Gasteiger charge is 2.19. The van der Waals surface area contributed by atoms with Crippen LogP contribution in [-0.2, 0) is 9.53 Å². The average Bonchev–Trinajstić information content (AvgIpc) is 2.75. The van der Waals surface area contributed by atoms with Crippen molar-refractivity contribution >= 4 is 17.7 Å². The van der Waals surface area contributed by atoms with Gasteiger partial charge in [0.2, 0.25) is 0 Å². The molecule has 1 N–H and O–H groups in total. The molecule has 1 rings (SSSR count). The first kappa shape index (κ1) is 15.1. The average molecular weight is 271 g/mol. The van der Waals surface area contributed by atoms with Gasteiger partial charge in [-0.2, -0.15) is 0 Å². The van der Waals surface area contributed by atoms with E-state index in [2.05, 4.69) is 12.2 Å². The zero-order valence-corrected chi connectivity index (χ0v) is 12.0. The van der Waals surface area contributed by atoms with Gasteiger partial charge in [0.05, 0.1) is 12.9 Å². The topological polar surface area (TPSA) is 51.5 Å². The number of esters is 1. The normalized spacial score (nSPS) is 12.4. The third kappa shape index (κ3) is 4.74. The Morgan fingerprint density at radius 3 is 2.89 bits per heavy atom. The van der Waals surface area contributed by atoms with Gasteiger partial charge in [0.25, 0.3) is 0 Å². The van der Waals surface area contributed by atoms with Crippen molar-refractivity contribution in [2.45, 2.75) is 38.1 Å². The molecule has 1 aromatic heterocycles. The second kappa shape index (κ2) is 8.21. The fourth-order valence-electron chi connectivity index (χ4n) is 1.47. The molecule has 1 aromatic rings. The van der Waals surface area contributed by atoms with Crippen molar-refractivity contribution in [1.29, 1.82) is 0 Å².